The minimum absolute atomic E-state index is 0.676. The molecule has 1 saturated heterocycles. The van der Waals surface area contributed by atoms with Crippen molar-refractivity contribution in [2.45, 2.75) is 31.7 Å². The molecule has 1 aliphatic rings. The van der Waals surface area contributed by atoms with Gasteiger partial charge in [0.15, 0.2) is 0 Å². The maximum atomic E-state index is 9.10. The van der Waals surface area contributed by atoms with E-state index in [4.69, 9.17) is 19.8 Å². The van der Waals surface area contributed by atoms with Crippen molar-refractivity contribution in [1.29, 1.82) is 0 Å². The van der Waals surface area contributed by atoms with Gasteiger partial charge in [0, 0.05) is 6.04 Å². The summed E-state index contributed by atoms with van der Waals surface area (Å²) in [5.74, 6) is -3.65. The highest BCUT2D eigenvalue weighted by Gasteiger charge is 2.13. The molecule has 2 aromatic rings. The van der Waals surface area contributed by atoms with Crippen molar-refractivity contribution < 1.29 is 19.8 Å². The molecule has 1 unspecified atom stereocenters. The van der Waals surface area contributed by atoms with Crippen LogP contribution in [0, 0.1) is 0 Å². The molecular formula is C18H21NO4. The van der Waals surface area contributed by atoms with Crippen LogP contribution < -0.4 is 5.32 Å². The normalized spacial score (nSPS) is 17.1. The van der Waals surface area contributed by atoms with Gasteiger partial charge >= 0.3 is 11.9 Å². The van der Waals surface area contributed by atoms with Crippen molar-refractivity contribution in [3.63, 3.8) is 0 Å². The number of carbonyl (C=O) groups is 2. The molecule has 1 aliphatic heterocycles. The second-order valence-corrected chi connectivity index (χ2v) is 5.60. The predicted octanol–water partition coefficient (Wildman–Crippen LogP) is 2.68. The number of carboxylic acids is 2. The molecule has 2 aromatic carbocycles. The van der Waals surface area contributed by atoms with Gasteiger partial charge < -0.3 is 15.5 Å². The molecule has 0 bridgehead atoms. The van der Waals surface area contributed by atoms with Crippen LogP contribution >= 0.6 is 0 Å². The number of piperidine rings is 1. The van der Waals surface area contributed by atoms with Crippen LogP contribution in [-0.4, -0.2) is 34.7 Å². The molecule has 0 aliphatic carbocycles. The molecule has 1 atom stereocenters. The molecule has 3 rings (SSSR count). The SMILES string of the molecule is O=C(O)C(=O)O.c1ccc2c(CC3CCCCN3)cccc2c1. The van der Waals surface area contributed by atoms with E-state index in [0.717, 1.165) is 0 Å². The highest BCUT2D eigenvalue weighted by molar-refractivity contribution is 6.27. The first-order chi connectivity index (χ1) is 11.1. The largest absolute Gasteiger partial charge is 0.473 e. The summed E-state index contributed by atoms with van der Waals surface area (Å²) in [6.45, 7) is 1.19. The molecule has 5 heteroatoms. The van der Waals surface area contributed by atoms with Gasteiger partial charge in [-0.2, -0.15) is 0 Å². The van der Waals surface area contributed by atoms with Crippen LogP contribution in [0.5, 0.6) is 0 Å². The zero-order valence-corrected chi connectivity index (χ0v) is 12.9. The number of hydrogen-bond acceptors (Lipinski definition) is 3. The molecule has 5 nitrogen and oxygen atoms in total. The zero-order valence-electron chi connectivity index (χ0n) is 12.9. The van der Waals surface area contributed by atoms with Gasteiger partial charge in [-0.25, -0.2) is 9.59 Å². The first-order valence-corrected chi connectivity index (χ1v) is 7.74. The fraction of sp³-hybridized carbons (Fsp3) is 0.333. The van der Waals surface area contributed by atoms with E-state index in [9.17, 15) is 0 Å². The minimum atomic E-state index is -1.82. The summed E-state index contributed by atoms with van der Waals surface area (Å²) in [6, 6.07) is 16.0. The lowest BCUT2D eigenvalue weighted by atomic mass is 9.94. The Morgan fingerprint density at radius 1 is 1.00 bits per heavy atom. The fourth-order valence-corrected chi connectivity index (χ4v) is 2.83. The van der Waals surface area contributed by atoms with Crippen LogP contribution in [0.2, 0.25) is 0 Å². The summed E-state index contributed by atoms with van der Waals surface area (Å²) in [7, 11) is 0. The van der Waals surface area contributed by atoms with E-state index in [1.165, 1.54) is 48.6 Å². The third-order valence-corrected chi connectivity index (χ3v) is 3.94. The first kappa shape index (κ1) is 17.0. The number of carboxylic acid groups (broad SMARTS) is 2. The third kappa shape index (κ3) is 5.07. The summed E-state index contributed by atoms with van der Waals surface area (Å²) in [6.07, 6.45) is 5.21. The van der Waals surface area contributed by atoms with Crippen molar-refractivity contribution in [1.82, 2.24) is 5.32 Å². The Kier molecular flexibility index (Phi) is 6.11. The Balaban J connectivity index is 0.000000277. The van der Waals surface area contributed by atoms with E-state index < -0.39 is 11.9 Å². The number of aliphatic carboxylic acids is 2. The quantitative estimate of drug-likeness (QED) is 0.742. The molecule has 0 spiro atoms. The standard InChI is InChI=1S/C16H19N.C2H2O4/c1-2-10-16-13(6-1)7-5-8-14(16)12-15-9-3-4-11-17-15;3-1(4)2(5)6/h1-2,5-8,10,15,17H,3-4,9,11-12H2;(H,3,4)(H,5,6). The van der Waals surface area contributed by atoms with E-state index in [-0.39, 0.29) is 0 Å². The second-order valence-electron chi connectivity index (χ2n) is 5.60. The van der Waals surface area contributed by atoms with E-state index in [1.54, 1.807) is 0 Å². The van der Waals surface area contributed by atoms with Gasteiger partial charge in [0.05, 0.1) is 0 Å². The minimum Gasteiger partial charge on any atom is -0.473 e. The molecule has 0 radical (unpaired) electrons. The molecule has 0 saturated carbocycles. The van der Waals surface area contributed by atoms with Gasteiger partial charge in [0.25, 0.3) is 0 Å². The summed E-state index contributed by atoms with van der Waals surface area (Å²) in [4.78, 5) is 18.2. The third-order valence-electron chi connectivity index (χ3n) is 3.94. The Morgan fingerprint density at radius 2 is 1.70 bits per heavy atom. The van der Waals surface area contributed by atoms with Gasteiger partial charge in [0.1, 0.15) is 0 Å². The maximum absolute atomic E-state index is 9.10. The fourth-order valence-electron chi connectivity index (χ4n) is 2.83. The first-order valence-electron chi connectivity index (χ1n) is 7.74. The summed E-state index contributed by atoms with van der Waals surface area (Å²) in [5, 5.41) is 21.2. The van der Waals surface area contributed by atoms with Crippen molar-refractivity contribution in [3.05, 3.63) is 48.0 Å². The number of fused-ring (bicyclic) bond motifs is 1. The monoisotopic (exact) mass is 315 g/mol. The van der Waals surface area contributed by atoms with Crippen molar-refractivity contribution in [2.75, 3.05) is 6.54 Å². The molecule has 122 valence electrons. The Bertz CT molecular complexity index is 660. The van der Waals surface area contributed by atoms with Crippen molar-refractivity contribution in [3.8, 4) is 0 Å². The van der Waals surface area contributed by atoms with Crippen molar-refractivity contribution in [2.24, 2.45) is 0 Å². The Morgan fingerprint density at radius 3 is 2.35 bits per heavy atom. The van der Waals surface area contributed by atoms with Crippen LogP contribution in [0.4, 0.5) is 0 Å². The van der Waals surface area contributed by atoms with E-state index in [0.29, 0.717) is 6.04 Å². The molecule has 1 fully saturated rings. The average Bonchev–Trinajstić information content (AvgIpc) is 2.57. The summed E-state index contributed by atoms with van der Waals surface area (Å²) < 4.78 is 0. The summed E-state index contributed by atoms with van der Waals surface area (Å²) in [5.41, 5.74) is 1.49. The number of rotatable bonds is 2. The Labute approximate surface area is 134 Å². The van der Waals surface area contributed by atoms with Gasteiger partial charge in [-0.1, -0.05) is 48.9 Å². The maximum Gasteiger partial charge on any atom is 0.414 e. The van der Waals surface area contributed by atoms with Crippen LogP contribution in [0.1, 0.15) is 24.8 Å². The number of benzene rings is 2. The lowest BCUT2D eigenvalue weighted by Gasteiger charge is -2.24. The molecule has 1 heterocycles. The van der Waals surface area contributed by atoms with E-state index >= 15 is 0 Å². The van der Waals surface area contributed by atoms with Gasteiger partial charge in [-0.15, -0.1) is 0 Å². The van der Waals surface area contributed by atoms with Crippen molar-refractivity contribution >= 4 is 22.7 Å². The predicted molar refractivity (Wildman–Crippen MR) is 88.6 cm³/mol. The van der Waals surface area contributed by atoms with Crippen LogP contribution in [0.25, 0.3) is 10.8 Å². The van der Waals surface area contributed by atoms with Crippen LogP contribution in [0.3, 0.4) is 0 Å². The van der Waals surface area contributed by atoms with Gasteiger partial charge in [0.2, 0.25) is 0 Å². The molecule has 23 heavy (non-hydrogen) atoms. The van der Waals surface area contributed by atoms with E-state index in [1.807, 2.05) is 0 Å². The molecule has 3 N–H and O–H groups in total. The lowest BCUT2D eigenvalue weighted by molar-refractivity contribution is -0.159. The molecule has 0 amide bonds. The smallest absolute Gasteiger partial charge is 0.414 e. The number of hydrogen-bond donors (Lipinski definition) is 3. The second kappa shape index (κ2) is 8.29. The van der Waals surface area contributed by atoms with Gasteiger partial charge in [-0.05, 0) is 42.1 Å². The van der Waals surface area contributed by atoms with Gasteiger partial charge in [-0.3, -0.25) is 0 Å². The molecule has 0 aromatic heterocycles. The zero-order chi connectivity index (χ0) is 16.7. The summed E-state index contributed by atoms with van der Waals surface area (Å²) >= 11 is 0. The van der Waals surface area contributed by atoms with Crippen LogP contribution in [0.15, 0.2) is 42.5 Å². The highest BCUT2D eigenvalue weighted by Crippen LogP contribution is 2.21. The molecular weight excluding hydrogens is 294 g/mol. The Hall–Kier alpha value is -2.40. The highest BCUT2D eigenvalue weighted by atomic mass is 16.4. The number of nitrogens with one attached hydrogen (secondary N) is 1. The van der Waals surface area contributed by atoms with E-state index in [2.05, 4.69) is 47.8 Å². The topological polar surface area (TPSA) is 86.6 Å². The lowest BCUT2D eigenvalue weighted by Crippen LogP contribution is -2.35. The average molecular weight is 315 g/mol. The van der Waals surface area contributed by atoms with Crippen LogP contribution in [-0.2, 0) is 16.0 Å².